The summed E-state index contributed by atoms with van der Waals surface area (Å²) in [6.07, 6.45) is 0.0924. The number of nitrogens with one attached hydrogen (secondary N) is 2. The first-order chi connectivity index (χ1) is 10.1. The van der Waals surface area contributed by atoms with Crippen LogP contribution in [0.4, 0.5) is 20.2 Å². The van der Waals surface area contributed by atoms with Gasteiger partial charge in [-0.2, -0.15) is 0 Å². The zero-order valence-corrected chi connectivity index (χ0v) is 12.6. The van der Waals surface area contributed by atoms with Crippen molar-refractivity contribution in [3.05, 3.63) is 58.6 Å². The van der Waals surface area contributed by atoms with Crippen molar-refractivity contribution in [1.82, 2.24) is 0 Å². The molecule has 0 bridgehead atoms. The van der Waals surface area contributed by atoms with Crippen LogP contribution in [0.15, 0.2) is 46.9 Å². The Balaban J connectivity index is 1.87. The van der Waals surface area contributed by atoms with E-state index in [4.69, 9.17) is 0 Å². The van der Waals surface area contributed by atoms with E-state index >= 15 is 0 Å². The maximum Gasteiger partial charge on any atom is 0.226 e. The van der Waals surface area contributed by atoms with Crippen molar-refractivity contribution >= 4 is 33.2 Å². The Labute approximate surface area is 129 Å². The van der Waals surface area contributed by atoms with Crippen LogP contribution in [-0.2, 0) is 4.79 Å². The van der Waals surface area contributed by atoms with Crippen molar-refractivity contribution in [2.75, 3.05) is 17.2 Å². The van der Waals surface area contributed by atoms with E-state index < -0.39 is 23.2 Å². The normalized spacial score (nSPS) is 10.2. The molecule has 0 atom stereocenters. The minimum atomic E-state index is -0.790. The van der Waals surface area contributed by atoms with Gasteiger partial charge in [0.15, 0.2) is 0 Å². The first-order valence-corrected chi connectivity index (χ1v) is 7.09. The number of rotatable bonds is 5. The summed E-state index contributed by atoms with van der Waals surface area (Å²) in [7, 11) is 0. The lowest BCUT2D eigenvalue weighted by Gasteiger charge is -2.09. The molecule has 0 aromatic heterocycles. The molecule has 0 aliphatic carbocycles. The van der Waals surface area contributed by atoms with Gasteiger partial charge >= 0.3 is 0 Å². The second-order valence-electron chi connectivity index (χ2n) is 4.30. The van der Waals surface area contributed by atoms with Crippen molar-refractivity contribution in [2.24, 2.45) is 0 Å². The summed E-state index contributed by atoms with van der Waals surface area (Å²) >= 11 is 3.37. The van der Waals surface area contributed by atoms with E-state index in [1.807, 2.05) is 24.3 Å². The molecule has 0 spiro atoms. The highest BCUT2D eigenvalue weighted by Gasteiger charge is 2.11. The third kappa shape index (κ3) is 4.26. The van der Waals surface area contributed by atoms with Gasteiger partial charge < -0.3 is 10.6 Å². The van der Waals surface area contributed by atoms with Crippen molar-refractivity contribution in [3.63, 3.8) is 0 Å². The second-order valence-corrected chi connectivity index (χ2v) is 5.16. The van der Waals surface area contributed by atoms with Gasteiger partial charge in [0, 0.05) is 23.1 Å². The predicted octanol–water partition coefficient (Wildman–Crippen LogP) is 4.17. The van der Waals surface area contributed by atoms with Gasteiger partial charge in [0.1, 0.15) is 17.3 Å². The SMILES string of the molecule is O=C(CCNc1ccccc1Br)Nc1c(F)cccc1F. The number of benzene rings is 2. The van der Waals surface area contributed by atoms with E-state index in [9.17, 15) is 13.6 Å². The molecule has 110 valence electrons. The molecule has 21 heavy (non-hydrogen) atoms. The van der Waals surface area contributed by atoms with Crippen LogP contribution in [0, 0.1) is 11.6 Å². The number of anilines is 2. The highest BCUT2D eigenvalue weighted by Crippen LogP contribution is 2.21. The van der Waals surface area contributed by atoms with E-state index in [1.165, 1.54) is 6.07 Å². The summed E-state index contributed by atoms with van der Waals surface area (Å²) < 4.78 is 27.6. The van der Waals surface area contributed by atoms with Gasteiger partial charge in [-0.15, -0.1) is 0 Å². The number of amides is 1. The lowest BCUT2D eigenvalue weighted by molar-refractivity contribution is -0.116. The monoisotopic (exact) mass is 354 g/mol. The molecule has 0 saturated carbocycles. The molecule has 0 unspecified atom stereocenters. The van der Waals surface area contributed by atoms with Crippen molar-refractivity contribution in [1.29, 1.82) is 0 Å². The van der Waals surface area contributed by atoms with Gasteiger partial charge in [-0.3, -0.25) is 4.79 Å². The summed E-state index contributed by atoms with van der Waals surface area (Å²) in [6, 6.07) is 10.9. The third-order valence-electron chi connectivity index (χ3n) is 2.77. The number of halogens is 3. The zero-order chi connectivity index (χ0) is 15.2. The minimum Gasteiger partial charge on any atom is -0.384 e. The number of hydrogen-bond acceptors (Lipinski definition) is 2. The van der Waals surface area contributed by atoms with Crippen LogP contribution in [0.5, 0.6) is 0 Å². The van der Waals surface area contributed by atoms with Crippen LogP contribution in [-0.4, -0.2) is 12.5 Å². The van der Waals surface area contributed by atoms with Gasteiger partial charge in [-0.25, -0.2) is 8.78 Å². The Kier molecular flexibility index (Phi) is 5.27. The van der Waals surface area contributed by atoms with E-state index in [1.54, 1.807) is 0 Å². The van der Waals surface area contributed by atoms with Gasteiger partial charge in [-0.1, -0.05) is 18.2 Å². The Morgan fingerprint density at radius 1 is 1.05 bits per heavy atom. The summed E-state index contributed by atoms with van der Waals surface area (Å²) in [5, 5.41) is 5.30. The smallest absolute Gasteiger partial charge is 0.226 e. The fourth-order valence-electron chi connectivity index (χ4n) is 1.73. The van der Waals surface area contributed by atoms with Gasteiger partial charge in [-0.05, 0) is 40.2 Å². The maximum atomic E-state index is 13.4. The Hall–Kier alpha value is -1.95. The Morgan fingerprint density at radius 2 is 1.71 bits per heavy atom. The molecule has 2 aromatic rings. The molecule has 1 amide bonds. The summed E-state index contributed by atoms with van der Waals surface area (Å²) in [5.74, 6) is -2.04. The average Bonchev–Trinajstić information content (AvgIpc) is 2.45. The van der Waals surface area contributed by atoms with Gasteiger partial charge in [0.2, 0.25) is 5.91 Å². The van der Waals surface area contributed by atoms with Crippen LogP contribution in [0.2, 0.25) is 0 Å². The zero-order valence-electron chi connectivity index (χ0n) is 11.0. The standard InChI is InChI=1S/C15H13BrF2N2O/c16-10-4-1-2-7-13(10)19-9-8-14(21)20-15-11(17)5-3-6-12(15)18/h1-7,19H,8-9H2,(H,20,21). The molecular formula is C15H13BrF2N2O. The number of hydrogen-bond donors (Lipinski definition) is 2. The maximum absolute atomic E-state index is 13.4. The molecule has 6 heteroatoms. The van der Waals surface area contributed by atoms with Crippen LogP contribution < -0.4 is 10.6 Å². The highest BCUT2D eigenvalue weighted by atomic mass is 79.9. The van der Waals surface area contributed by atoms with Crippen LogP contribution >= 0.6 is 15.9 Å². The topological polar surface area (TPSA) is 41.1 Å². The van der Waals surface area contributed by atoms with E-state index in [0.717, 1.165) is 22.3 Å². The highest BCUT2D eigenvalue weighted by molar-refractivity contribution is 9.10. The molecule has 3 nitrogen and oxygen atoms in total. The third-order valence-corrected chi connectivity index (χ3v) is 3.46. The largest absolute Gasteiger partial charge is 0.384 e. The minimum absolute atomic E-state index is 0.0924. The lowest BCUT2D eigenvalue weighted by Crippen LogP contribution is -2.18. The van der Waals surface area contributed by atoms with E-state index in [-0.39, 0.29) is 6.42 Å². The lowest BCUT2D eigenvalue weighted by atomic mass is 10.2. The molecule has 0 saturated heterocycles. The fourth-order valence-corrected chi connectivity index (χ4v) is 2.16. The van der Waals surface area contributed by atoms with Crippen LogP contribution in [0.1, 0.15) is 6.42 Å². The first-order valence-electron chi connectivity index (χ1n) is 6.30. The fraction of sp³-hybridized carbons (Fsp3) is 0.133. The summed E-state index contributed by atoms with van der Waals surface area (Å²) in [4.78, 5) is 11.7. The van der Waals surface area contributed by atoms with Crippen molar-refractivity contribution in [3.8, 4) is 0 Å². The van der Waals surface area contributed by atoms with Crippen molar-refractivity contribution in [2.45, 2.75) is 6.42 Å². The summed E-state index contributed by atoms with van der Waals surface area (Å²) in [6.45, 7) is 0.352. The average molecular weight is 355 g/mol. The number of para-hydroxylation sites is 2. The molecule has 2 rings (SSSR count). The molecular weight excluding hydrogens is 342 g/mol. The molecule has 0 heterocycles. The van der Waals surface area contributed by atoms with Gasteiger partial charge in [0.25, 0.3) is 0 Å². The molecule has 0 fully saturated rings. The molecule has 2 aromatic carbocycles. The second kappa shape index (κ2) is 7.17. The van der Waals surface area contributed by atoms with Gasteiger partial charge in [0.05, 0.1) is 0 Å². The predicted molar refractivity (Wildman–Crippen MR) is 82.2 cm³/mol. The quantitative estimate of drug-likeness (QED) is 0.845. The summed E-state index contributed by atoms with van der Waals surface area (Å²) in [5.41, 5.74) is 0.436. The van der Waals surface area contributed by atoms with E-state index in [0.29, 0.717) is 6.54 Å². The molecule has 0 radical (unpaired) electrons. The number of carbonyl (C=O) groups is 1. The van der Waals surface area contributed by atoms with Crippen LogP contribution in [0.25, 0.3) is 0 Å². The number of carbonyl (C=O) groups excluding carboxylic acids is 1. The van der Waals surface area contributed by atoms with Crippen molar-refractivity contribution < 1.29 is 13.6 Å². The molecule has 2 N–H and O–H groups in total. The Morgan fingerprint density at radius 3 is 2.38 bits per heavy atom. The first kappa shape index (κ1) is 15.4. The Bertz CT molecular complexity index is 629. The molecule has 0 aliphatic rings. The molecule has 0 aliphatic heterocycles. The van der Waals surface area contributed by atoms with E-state index in [2.05, 4.69) is 26.6 Å². The van der Waals surface area contributed by atoms with Crippen LogP contribution in [0.3, 0.4) is 0 Å².